The van der Waals surface area contributed by atoms with E-state index in [9.17, 15) is 0 Å². The maximum absolute atomic E-state index is 5.85. The summed E-state index contributed by atoms with van der Waals surface area (Å²) in [5, 5.41) is 0. The summed E-state index contributed by atoms with van der Waals surface area (Å²) in [5.41, 5.74) is 9.81. The molecule has 0 saturated heterocycles. The van der Waals surface area contributed by atoms with Crippen molar-refractivity contribution in [1.29, 1.82) is 0 Å². The van der Waals surface area contributed by atoms with E-state index in [1.165, 1.54) is 12.8 Å². The Morgan fingerprint density at radius 2 is 1.77 bits per heavy atom. The Balaban J connectivity index is 4.40. The minimum Gasteiger partial charge on any atom is -0.398 e. The normalized spacial score (nSPS) is 12.2. The lowest BCUT2D eigenvalue weighted by molar-refractivity contribution is 0.791. The largest absolute Gasteiger partial charge is 0.398 e. The zero-order chi connectivity index (χ0) is 10.4. The Morgan fingerprint density at radius 3 is 2.15 bits per heavy atom. The van der Waals surface area contributed by atoms with E-state index < -0.39 is 0 Å². The third-order valence-corrected chi connectivity index (χ3v) is 2.23. The number of hydrogen-bond donors (Lipinski definition) is 1. The monoisotopic (exact) mass is 179 g/mol. The highest BCUT2D eigenvalue weighted by Crippen LogP contribution is 2.18. The van der Waals surface area contributed by atoms with Gasteiger partial charge in [0.25, 0.3) is 0 Å². The first-order chi connectivity index (χ1) is 6.00. The summed E-state index contributed by atoms with van der Waals surface area (Å²) in [6.07, 6.45) is 3.41. The Hall–Kier alpha value is -0.980. The summed E-state index contributed by atoms with van der Waals surface area (Å²) in [6, 6.07) is 0. The van der Waals surface area contributed by atoms with Crippen molar-refractivity contribution < 1.29 is 0 Å². The van der Waals surface area contributed by atoms with Crippen LogP contribution in [0.4, 0.5) is 0 Å². The molecule has 0 fully saturated rings. The minimum absolute atomic E-state index is 0.793. The van der Waals surface area contributed by atoms with Crippen molar-refractivity contribution in [2.24, 2.45) is 5.73 Å². The molecule has 0 amide bonds. The summed E-state index contributed by atoms with van der Waals surface area (Å²) in [4.78, 5) is 0. The fraction of sp³-hybridized carbons (Fsp3) is 0.500. The van der Waals surface area contributed by atoms with Crippen molar-refractivity contribution in [3.8, 4) is 0 Å². The van der Waals surface area contributed by atoms with Gasteiger partial charge in [0.05, 0.1) is 0 Å². The van der Waals surface area contributed by atoms with Crippen molar-refractivity contribution >= 4 is 0 Å². The molecule has 0 heterocycles. The molecule has 0 aliphatic rings. The molecule has 0 bridgehead atoms. The predicted octanol–water partition coefficient (Wildman–Crippen LogP) is 3.54. The van der Waals surface area contributed by atoms with Gasteiger partial charge in [0, 0.05) is 5.70 Å². The molecule has 0 aromatic heterocycles. The summed E-state index contributed by atoms with van der Waals surface area (Å²) in [6.45, 7) is 13.9. The Labute approximate surface area is 82.0 Å². The first-order valence-corrected chi connectivity index (χ1v) is 4.81. The van der Waals surface area contributed by atoms with Crippen LogP contribution in [-0.2, 0) is 0 Å². The van der Waals surface area contributed by atoms with Gasteiger partial charge in [-0.2, -0.15) is 0 Å². The molecule has 0 radical (unpaired) electrons. The number of allylic oxidation sites excluding steroid dienone is 3. The van der Waals surface area contributed by atoms with E-state index in [-0.39, 0.29) is 0 Å². The van der Waals surface area contributed by atoms with Gasteiger partial charge in [0.15, 0.2) is 0 Å². The average Bonchev–Trinajstić information content (AvgIpc) is 2.11. The molecular weight excluding hydrogens is 158 g/mol. The molecule has 0 spiro atoms. The lowest BCUT2D eigenvalue weighted by Crippen LogP contribution is -2.03. The van der Waals surface area contributed by atoms with Crippen LogP contribution in [0.5, 0.6) is 0 Å². The van der Waals surface area contributed by atoms with Gasteiger partial charge in [-0.05, 0) is 37.8 Å². The average molecular weight is 179 g/mol. The molecule has 0 aliphatic heterocycles. The Kier molecular flexibility index (Phi) is 5.20. The third kappa shape index (κ3) is 3.97. The van der Waals surface area contributed by atoms with E-state index in [2.05, 4.69) is 20.1 Å². The molecule has 0 atom stereocenters. The highest BCUT2D eigenvalue weighted by Gasteiger charge is 2.02. The summed E-state index contributed by atoms with van der Waals surface area (Å²) < 4.78 is 0. The predicted molar refractivity (Wildman–Crippen MR) is 60.4 cm³/mol. The van der Waals surface area contributed by atoms with Gasteiger partial charge in [0.2, 0.25) is 0 Å². The van der Waals surface area contributed by atoms with Gasteiger partial charge < -0.3 is 5.73 Å². The fourth-order valence-corrected chi connectivity index (χ4v) is 1.09. The lowest BCUT2D eigenvalue weighted by atomic mass is 10.00. The van der Waals surface area contributed by atoms with E-state index in [4.69, 9.17) is 5.73 Å². The van der Waals surface area contributed by atoms with Crippen molar-refractivity contribution in [3.63, 3.8) is 0 Å². The van der Waals surface area contributed by atoms with Crippen LogP contribution in [0.1, 0.15) is 40.0 Å². The van der Waals surface area contributed by atoms with E-state index in [1.807, 2.05) is 13.8 Å². The molecule has 1 nitrogen and oxygen atoms in total. The Morgan fingerprint density at radius 1 is 1.23 bits per heavy atom. The van der Waals surface area contributed by atoms with Crippen LogP contribution in [0.2, 0.25) is 0 Å². The molecule has 2 N–H and O–H groups in total. The third-order valence-electron chi connectivity index (χ3n) is 2.23. The summed E-state index contributed by atoms with van der Waals surface area (Å²) >= 11 is 0. The Bertz CT molecular complexity index is 234. The van der Waals surface area contributed by atoms with Crippen LogP contribution < -0.4 is 5.73 Å². The maximum Gasteiger partial charge on any atom is 0.0370 e. The number of hydrogen-bond acceptors (Lipinski definition) is 1. The second-order valence-corrected chi connectivity index (χ2v) is 3.53. The number of rotatable bonds is 5. The topological polar surface area (TPSA) is 26.0 Å². The van der Waals surface area contributed by atoms with Crippen LogP contribution in [0.25, 0.3) is 0 Å². The fourth-order valence-electron chi connectivity index (χ4n) is 1.09. The molecule has 0 rings (SSSR count). The zero-order valence-electron chi connectivity index (χ0n) is 9.11. The molecule has 74 valence electrons. The SMILES string of the molecule is C=C(CCCC)/C(C)=C(/N)C(=C)C. The molecule has 0 saturated carbocycles. The van der Waals surface area contributed by atoms with E-state index >= 15 is 0 Å². The van der Waals surface area contributed by atoms with Gasteiger partial charge in [0.1, 0.15) is 0 Å². The molecule has 1 heteroatoms. The van der Waals surface area contributed by atoms with Crippen LogP contribution >= 0.6 is 0 Å². The van der Waals surface area contributed by atoms with Crippen LogP contribution in [-0.4, -0.2) is 0 Å². The van der Waals surface area contributed by atoms with Gasteiger partial charge in [-0.3, -0.25) is 0 Å². The van der Waals surface area contributed by atoms with Crippen molar-refractivity contribution in [3.05, 3.63) is 35.6 Å². The summed E-state index contributed by atoms with van der Waals surface area (Å²) in [7, 11) is 0. The summed E-state index contributed by atoms with van der Waals surface area (Å²) in [5.74, 6) is 0. The minimum atomic E-state index is 0.793. The molecule has 13 heavy (non-hydrogen) atoms. The van der Waals surface area contributed by atoms with Gasteiger partial charge in [-0.15, -0.1) is 0 Å². The van der Waals surface area contributed by atoms with Gasteiger partial charge in [-0.1, -0.05) is 32.1 Å². The number of unbranched alkanes of at least 4 members (excludes halogenated alkanes) is 1. The molecule has 0 aliphatic carbocycles. The quantitative estimate of drug-likeness (QED) is 0.642. The maximum atomic E-state index is 5.85. The number of nitrogens with two attached hydrogens (primary N) is 1. The van der Waals surface area contributed by atoms with Crippen LogP contribution in [0.15, 0.2) is 35.6 Å². The second-order valence-electron chi connectivity index (χ2n) is 3.53. The van der Waals surface area contributed by atoms with Crippen molar-refractivity contribution in [2.45, 2.75) is 40.0 Å². The van der Waals surface area contributed by atoms with E-state index in [0.29, 0.717) is 0 Å². The molecular formula is C12H21N. The van der Waals surface area contributed by atoms with Crippen molar-refractivity contribution in [2.75, 3.05) is 0 Å². The molecule has 0 aromatic rings. The first kappa shape index (κ1) is 12.0. The second kappa shape index (κ2) is 5.63. The van der Waals surface area contributed by atoms with Crippen LogP contribution in [0.3, 0.4) is 0 Å². The highest BCUT2D eigenvalue weighted by atomic mass is 14.6. The van der Waals surface area contributed by atoms with E-state index in [1.54, 1.807) is 0 Å². The lowest BCUT2D eigenvalue weighted by Gasteiger charge is -2.09. The highest BCUT2D eigenvalue weighted by molar-refractivity contribution is 5.38. The van der Waals surface area contributed by atoms with E-state index in [0.717, 1.165) is 28.8 Å². The first-order valence-electron chi connectivity index (χ1n) is 4.81. The van der Waals surface area contributed by atoms with Gasteiger partial charge >= 0.3 is 0 Å². The van der Waals surface area contributed by atoms with Gasteiger partial charge in [-0.25, -0.2) is 0 Å². The smallest absolute Gasteiger partial charge is 0.0370 e. The van der Waals surface area contributed by atoms with Crippen LogP contribution in [0, 0.1) is 0 Å². The zero-order valence-corrected chi connectivity index (χ0v) is 9.11. The van der Waals surface area contributed by atoms with Crippen molar-refractivity contribution in [1.82, 2.24) is 0 Å². The molecule has 0 unspecified atom stereocenters. The standard InChI is InChI=1S/C12H21N/c1-6-7-8-10(4)11(5)12(13)9(2)3/h2,4,6-8,13H2,1,3,5H3/b12-11+. The molecule has 0 aromatic carbocycles.